The lowest BCUT2D eigenvalue weighted by molar-refractivity contribution is 0.146. The molecule has 0 unspecified atom stereocenters. The molecule has 3 N–H and O–H groups in total. The van der Waals surface area contributed by atoms with Crippen molar-refractivity contribution in [3.05, 3.63) is 45.7 Å². The fraction of sp³-hybridized carbons (Fsp3) is 0.182. The van der Waals surface area contributed by atoms with Gasteiger partial charge in [0.25, 0.3) is 6.43 Å². The molecule has 0 saturated carbocycles. The van der Waals surface area contributed by atoms with E-state index in [1.807, 2.05) is 0 Å². The van der Waals surface area contributed by atoms with Gasteiger partial charge in [-0.25, -0.2) is 8.78 Å². The van der Waals surface area contributed by atoms with Crippen LogP contribution in [0.4, 0.5) is 8.78 Å². The Morgan fingerprint density at radius 3 is 2.69 bits per heavy atom. The molecule has 0 atom stereocenters. The Labute approximate surface area is 89.9 Å². The van der Waals surface area contributed by atoms with Crippen molar-refractivity contribution >= 4 is 10.9 Å². The van der Waals surface area contributed by atoms with Crippen LogP contribution >= 0.6 is 0 Å². The van der Waals surface area contributed by atoms with Gasteiger partial charge in [0.1, 0.15) is 0 Å². The highest BCUT2D eigenvalue weighted by atomic mass is 19.3. The standard InChI is InChI=1S/C11H10F2N2O/c12-11(13)9-4-10(16)7-3-6(5-14)1-2-8(7)15-9/h1-4,11H,5,14H2,(H,15,16). The van der Waals surface area contributed by atoms with Crippen LogP contribution in [-0.2, 0) is 6.54 Å². The van der Waals surface area contributed by atoms with E-state index in [4.69, 9.17) is 5.73 Å². The SMILES string of the molecule is NCc1ccc2[nH]c(C(F)F)cc(=O)c2c1. The van der Waals surface area contributed by atoms with Gasteiger partial charge in [0.05, 0.1) is 5.69 Å². The molecule has 0 aliphatic rings. The number of aromatic nitrogens is 1. The Morgan fingerprint density at radius 1 is 1.31 bits per heavy atom. The van der Waals surface area contributed by atoms with Crippen molar-refractivity contribution in [2.75, 3.05) is 0 Å². The number of aromatic amines is 1. The van der Waals surface area contributed by atoms with Gasteiger partial charge in [0, 0.05) is 23.5 Å². The number of fused-ring (bicyclic) bond motifs is 1. The molecule has 1 heterocycles. The third-order valence-corrected chi connectivity index (χ3v) is 2.39. The van der Waals surface area contributed by atoms with E-state index in [-0.39, 0.29) is 5.69 Å². The molecule has 1 aromatic carbocycles. The number of halogens is 2. The molecular formula is C11H10F2N2O. The van der Waals surface area contributed by atoms with Gasteiger partial charge >= 0.3 is 0 Å². The minimum absolute atomic E-state index is 0.311. The van der Waals surface area contributed by atoms with Crippen molar-refractivity contribution in [2.45, 2.75) is 13.0 Å². The molecule has 84 valence electrons. The highest BCUT2D eigenvalue weighted by Crippen LogP contribution is 2.18. The van der Waals surface area contributed by atoms with Gasteiger partial charge in [-0.2, -0.15) is 0 Å². The monoisotopic (exact) mass is 224 g/mol. The molecule has 5 heteroatoms. The summed E-state index contributed by atoms with van der Waals surface area (Å²) < 4.78 is 24.9. The molecule has 0 fully saturated rings. The average Bonchev–Trinajstić information content (AvgIpc) is 2.28. The molecule has 2 rings (SSSR count). The van der Waals surface area contributed by atoms with E-state index in [1.165, 1.54) is 0 Å². The average molecular weight is 224 g/mol. The van der Waals surface area contributed by atoms with Gasteiger partial charge in [0.15, 0.2) is 5.43 Å². The highest BCUT2D eigenvalue weighted by Gasteiger charge is 2.10. The second-order valence-electron chi connectivity index (χ2n) is 3.47. The zero-order valence-electron chi connectivity index (χ0n) is 8.34. The van der Waals surface area contributed by atoms with Crippen LogP contribution in [0, 0.1) is 0 Å². The van der Waals surface area contributed by atoms with E-state index in [0.29, 0.717) is 17.4 Å². The molecule has 0 bridgehead atoms. The number of alkyl halides is 2. The van der Waals surface area contributed by atoms with Crippen molar-refractivity contribution in [3.8, 4) is 0 Å². The Morgan fingerprint density at radius 2 is 2.06 bits per heavy atom. The van der Waals surface area contributed by atoms with Crippen LogP contribution in [0.25, 0.3) is 10.9 Å². The van der Waals surface area contributed by atoms with Crippen molar-refractivity contribution < 1.29 is 8.78 Å². The van der Waals surface area contributed by atoms with E-state index in [2.05, 4.69) is 4.98 Å². The predicted octanol–water partition coefficient (Wildman–Crippen LogP) is 1.92. The van der Waals surface area contributed by atoms with Crippen LogP contribution in [0.5, 0.6) is 0 Å². The second kappa shape index (κ2) is 4.02. The number of pyridine rings is 1. The summed E-state index contributed by atoms with van der Waals surface area (Å²) in [7, 11) is 0. The summed E-state index contributed by atoms with van der Waals surface area (Å²) in [6.07, 6.45) is -2.67. The van der Waals surface area contributed by atoms with Crippen LogP contribution in [0.15, 0.2) is 29.1 Å². The molecule has 0 spiro atoms. The first-order chi connectivity index (χ1) is 7.61. The summed E-state index contributed by atoms with van der Waals surface area (Å²) in [6.45, 7) is 0.311. The number of nitrogens with two attached hydrogens (primary N) is 1. The summed E-state index contributed by atoms with van der Waals surface area (Å²) in [4.78, 5) is 14.1. The maximum Gasteiger partial charge on any atom is 0.278 e. The summed E-state index contributed by atoms with van der Waals surface area (Å²) >= 11 is 0. The van der Waals surface area contributed by atoms with Crippen molar-refractivity contribution in [2.24, 2.45) is 5.73 Å². The first-order valence-electron chi connectivity index (χ1n) is 4.76. The summed E-state index contributed by atoms with van der Waals surface area (Å²) in [5, 5.41) is 0.382. The lowest BCUT2D eigenvalue weighted by atomic mass is 10.1. The van der Waals surface area contributed by atoms with Crippen molar-refractivity contribution in [3.63, 3.8) is 0 Å². The highest BCUT2D eigenvalue weighted by molar-refractivity contribution is 5.79. The van der Waals surface area contributed by atoms with Crippen molar-refractivity contribution in [1.29, 1.82) is 0 Å². The molecule has 0 radical (unpaired) electrons. The lowest BCUT2D eigenvalue weighted by Gasteiger charge is -2.04. The zero-order valence-corrected chi connectivity index (χ0v) is 8.34. The number of benzene rings is 1. The van der Waals surface area contributed by atoms with Gasteiger partial charge in [-0.15, -0.1) is 0 Å². The number of rotatable bonds is 2. The summed E-state index contributed by atoms with van der Waals surface area (Å²) in [5.41, 5.74) is 5.85. The van der Waals surface area contributed by atoms with E-state index in [0.717, 1.165) is 11.6 Å². The lowest BCUT2D eigenvalue weighted by Crippen LogP contribution is -2.06. The van der Waals surface area contributed by atoms with Gasteiger partial charge in [0.2, 0.25) is 0 Å². The van der Waals surface area contributed by atoms with Gasteiger partial charge in [-0.3, -0.25) is 4.79 Å². The molecule has 16 heavy (non-hydrogen) atoms. The van der Waals surface area contributed by atoms with Gasteiger partial charge in [-0.1, -0.05) is 6.07 Å². The molecule has 0 saturated heterocycles. The molecule has 0 aliphatic heterocycles. The van der Waals surface area contributed by atoms with E-state index < -0.39 is 11.9 Å². The first-order valence-corrected chi connectivity index (χ1v) is 4.76. The molecular weight excluding hydrogens is 214 g/mol. The van der Waals surface area contributed by atoms with Crippen LogP contribution in [0.2, 0.25) is 0 Å². The number of hydrogen-bond donors (Lipinski definition) is 2. The molecule has 2 aromatic rings. The number of H-pyrrole nitrogens is 1. The Balaban J connectivity index is 2.71. The van der Waals surface area contributed by atoms with E-state index in [1.54, 1.807) is 18.2 Å². The Bertz CT molecular complexity index is 578. The third kappa shape index (κ3) is 1.81. The summed E-state index contributed by atoms with van der Waals surface area (Å²) in [6, 6.07) is 5.83. The third-order valence-electron chi connectivity index (χ3n) is 2.39. The van der Waals surface area contributed by atoms with Crippen molar-refractivity contribution in [1.82, 2.24) is 4.98 Å². The molecule has 3 nitrogen and oxygen atoms in total. The smallest absolute Gasteiger partial charge is 0.278 e. The summed E-state index contributed by atoms with van der Waals surface area (Å²) in [5.74, 6) is 0. The molecule has 0 amide bonds. The fourth-order valence-electron chi connectivity index (χ4n) is 1.56. The molecule has 1 aromatic heterocycles. The van der Waals surface area contributed by atoms with Gasteiger partial charge < -0.3 is 10.7 Å². The van der Waals surface area contributed by atoms with E-state index >= 15 is 0 Å². The maximum absolute atomic E-state index is 12.4. The second-order valence-corrected chi connectivity index (χ2v) is 3.47. The Kier molecular flexibility index (Phi) is 2.70. The number of nitrogens with one attached hydrogen (secondary N) is 1. The first kappa shape index (κ1) is 10.8. The minimum Gasteiger partial charge on any atom is -0.354 e. The zero-order chi connectivity index (χ0) is 11.7. The topological polar surface area (TPSA) is 58.9 Å². The molecule has 0 aliphatic carbocycles. The van der Waals surface area contributed by atoms with Gasteiger partial charge in [-0.05, 0) is 17.7 Å². The predicted molar refractivity (Wildman–Crippen MR) is 57.4 cm³/mol. The normalized spacial score (nSPS) is 11.2. The Hall–Kier alpha value is -1.75. The van der Waals surface area contributed by atoms with E-state index in [9.17, 15) is 13.6 Å². The maximum atomic E-state index is 12.4. The van der Waals surface area contributed by atoms with Crippen LogP contribution in [0.3, 0.4) is 0 Å². The van der Waals surface area contributed by atoms with Crippen LogP contribution < -0.4 is 11.2 Å². The quantitative estimate of drug-likeness (QED) is 0.818. The fourth-order valence-corrected chi connectivity index (χ4v) is 1.56. The van der Waals surface area contributed by atoms with Crippen LogP contribution in [0.1, 0.15) is 17.7 Å². The number of hydrogen-bond acceptors (Lipinski definition) is 2. The largest absolute Gasteiger partial charge is 0.354 e. The van der Waals surface area contributed by atoms with Crippen LogP contribution in [-0.4, -0.2) is 4.98 Å². The minimum atomic E-state index is -2.67.